The Morgan fingerprint density at radius 3 is 2.78 bits per heavy atom. The van der Waals surface area contributed by atoms with Crippen molar-refractivity contribution in [2.45, 2.75) is 45.2 Å². The molecule has 1 N–H and O–H groups in total. The molecule has 3 heteroatoms. The largest absolute Gasteiger partial charge is 0.360 e. The van der Waals surface area contributed by atoms with Gasteiger partial charge in [0.1, 0.15) is 0 Å². The third-order valence-corrected chi connectivity index (χ3v) is 3.96. The quantitative estimate of drug-likeness (QED) is 0.842. The molecule has 1 fully saturated rings. The van der Waals surface area contributed by atoms with Crippen LogP contribution in [-0.2, 0) is 6.54 Å². The summed E-state index contributed by atoms with van der Waals surface area (Å²) in [6, 6.07) is 9.19. The Labute approximate surface area is 115 Å². The summed E-state index contributed by atoms with van der Waals surface area (Å²) >= 11 is 5.46. The normalized spacial score (nSPS) is 15.7. The highest BCUT2D eigenvalue weighted by molar-refractivity contribution is 7.80. The summed E-state index contributed by atoms with van der Waals surface area (Å²) in [6.45, 7) is 3.00. The molecule has 1 aliphatic rings. The Bertz CT molecular complexity index is 411. The average molecular weight is 262 g/mol. The van der Waals surface area contributed by atoms with Crippen molar-refractivity contribution in [3.05, 3.63) is 35.4 Å². The number of hydrogen-bond acceptors (Lipinski definition) is 1. The highest BCUT2D eigenvalue weighted by Crippen LogP contribution is 2.18. The molecule has 0 aromatic heterocycles. The van der Waals surface area contributed by atoms with E-state index in [4.69, 9.17) is 12.2 Å². The van der Waals surface area contributed by atoms with Crippen LogP contribution in [0, 0.1) is 6.92 Å². The Kier molecular flexibility index (Phi) is 4.59. The van der Waals surface area contributed by atoms with Crippen molar-refractivity contribution >= 4 is 17.3 Å². The maximum absolute atomic E-state index is 5.46. The van der Waals surface area contributed by atoms with Gasteiger partial charge in [-0.1, -0.05) is 42.7 Å². The standard InChI is InChI=1S/C15H22N2S/c1-12-6-5-7-13(10-12)11-17(2)15(18)16-14-8-3-4-9-14/h5-7,10,14H,3-4,8-9,11H2,1-2H3,(H,16,18). The molecule has 1 aliphatic carbocycles. The fourth-order valence-electron chi connectivity index (χ4n) is 2.51. The van der Waals surface area contributed by atoms with E-state index < -0.39 is 0 Å². The molecular formula is C15H22N2S. The number of benzene rings is 1. The van der Waals surface area contributed by atoms with Crippen molar-refractivity contribution in [2.24, 2.45) is 0 Å². The molecule has 0 spiro atoms. The summed E-state index contributed by atoms with van der Waals surface area (Å²) in [5.41, 5.74) is 2.61. The SMILES string of the molecule is Cc1cccc(CN(C)C(=S)NC2CCCC2)c1. The van der Waals surface area contributed by atoms with Gasteiger partial charge in [0.15, 0.2) is 5.11 Å². The van der Waals surface area contributed by atoms with Gasteiger partial charge in [0.05, 0.1) is 0 Å². The van der Waals surface area contributed by atoms with Crippen molar-refractivity contribution < 1.29 is 0 Å². The second kappa shape index (κ2) is 6.19. The summed E-state index contributed by atoms with van der Waals surface area (Å²) in [5, 5.41) is 4.35. The molecule has 18 heavy (non-hydrogen) atoms. The number of thiocarbonyl (C=S) groups is 1. The van der Waals surface area contributed by atoms with Gasteiger partial charge in [-0.3, -0.25) is 0 Å². The van der Waals surface area contributed by atoms with Gasteiger partial charge in [-0.2, -0.15) is 0 Å². The summed E-state index contributed by atoms with van der Waals surface area (Å²) in [6.07, 6.45) is 5.20. The first-order valence-electron chi connectivity index (χ1n) is 6.72. The van der Waals surface area contributed by atoms with Gasteiger partial charge in [-0.25, -0.2) is 0 Å². The zero-order chi connectivity index (χ0) is 13.0. The highest BCUT2D eigenvalue weighted by atomic mass is 32.1. The van der Waals surface area contributed by atoms with E-state index >= 15 is 0 Å². The van der Waals surface area contributed by atoms with Crippen LogP contribution in [-0.4, -0.2) is 23.1 Å². The van der Waals surface area contributed by atoms with E-state index in [0.717, 1.165) is 11.7 Å². The molecule has 0 heterocycles. The van der Waals surface area contributed by atoms with Crippen molar-refractivity contribution in [1.82, 2.24) is 10.2 Å². The van der Waals surface area contributed by atoms with E-state index in [1.807, 2.05) is 0 Å². The average Bonchev–Trinajstić information content (AvgIpc) is 2.81. The fourth-order valence-corrected chi connectivity index (χ4v) is 2.74. The van der Waals surface area contributed by atoms with Gasteiger partial charge < -0.3 is 10.2 Å². The molecule has 0 aliphatic heterocycles. The van der Waals surface area contributed by atoms with Crippen LogP contribution < -0.4 is 5.32 Å². The molecule has 1 saturated carbocycles. The third-order valence-electron chi connectivity index (χ3n) is 3.53. The van der Waals surface area contributed by atoms with Gasteiger partial charge in [-0.15, -0.1) is 0 Å². The van der Waals surface area contributed by atoms with E-state index in [-0.39, 0.29) is 0 Å². The van der Waals surface area contributed by atoms with Crippen molar-refractivity contribution in [3.63, 3.8) is 0 Å². The lowest BCUT2D eigenvalue weighted by molar-refractivity contribution is 0.471. The molecule has 0 radical (unpaired) electrons. The zero-order valence-electron chi connectivity index (χ0n) is 11.3. The molecule has 0 unspecified atom stereocenters. The number of nitrogens with one attached hydrogen (secondary N) is 1. The van der Waals surface area contributed by atoms with Crippen LogP contribution >= 0.6 is 12.2 Å². The number of hydrogen-bond donors (Lipinski definition) is 1. The lowest BCUT2D eigenvalue weighted by Crippen LogP contribution is -2.41. The Hall–Kier alpha value is -1.09. The fraction of sp³-hybridized carbons (Fsp3) is 0.533. The minimum absolute atomic E-state index is 0.595. The van der Waals surface area contributed by atoms with Gasteiger partial charge in [0.25, 0.3) is 0 Å². The van der Waals surface area contributed by atoms with E-state index in [0.29, 0.717) is 6.04 Å². The molecule has 1 aromatic rings. The van der Waals surface area contributed by atoms with Gasteiger partial charge in [0.2, 0.25) is 0 Å². The van der Waals surface area contributed by atoms with Gasteiger partial charge in [0, 0.05) is 19.6 Å². The van der Waals surface area contributed by atoms with Gasteiger partial charge >= 0.3 is 0 Å². The Morgan fingerprint density at radius 1 is 1.39 bits per heavy atom. The monoisotopic (exact) mass is 262 g/mol. The molecule has 0 atom stereocenters. The number of nitrogens with zero attached hydrogens (tertiary/aromatic N) is 1. The first-order chi connectivity index (χ1) is 8.65. The zero-order valence-corrected chi connectivity index (χ0v) is 12.1. The minimum atomic E-state index is 0.595. The predicted molar refractivity (Wildman–Crippen MR) is 80.6 cm³/mol. The van der Waals surface area contributed by atoms with Crippen LogP contribution in [0.15, 0.2) is 24.3 Å². The lowest BCUT2D eigenvalue weighted by atomic mass is 10.1. The van der Waals surface area contributed by atoms with Crippen LogP contribution in [0.3, 0.4) is 0 Å². The van der Waals surface area contributed by atoms with Crippen LogP contribution in [0.5, 0.6) is 0 Å². The molecule has 0 saturated heterocycles. The Balaban J connectivity index is 1.86. The molecule has 0 bridgehead atoms. The van der Waals surface area contributed by atoms with E-state index in [1.165, 1.54) is 36.8 Å². The second-order valence-corrected chi connectivity index (χ2v) is 5.66. The molecule has 2 nitrogen and oxygen atoms in total. The van der Waals surface area contributed by atoms with Crippen molar-refractivity contribution in [3.8, 4) is 0 Å². The van der Waals surface area contributed by atoms with Gasteiger partial charge in [-0.05, 0) is 37.5 Å². The van der Waals surface area contributed by atoms with E-state index in [1.54, 1.807) is 0 Å². The minimum Gasteiger partial charge on any atom is -0.360 e. The smallest absolute Gasteiger partial charge is 0.169 e. The molecule has 98 valence electrons. The third kappa shape index (κ3) is 3.70. The molecule has 2 rings (SSSR count). The predicted octanol–water partition coefficient (Wildman–Crippen LogP) is 3.24. The summed E-state index contributed by atoms with van der Waals surface area (Å²) in [7, 11) is 2.06. The molecular weight excluding hydrogens is 240 g/mol. The van der Waals surface area contributed by atoms with E-state index in [9.17, 15) is 0 Å². The topological polar surface area (TPSA) is 15.3 Å². The maximum atomic E-state index is 5.46. The summed E-state index contributed by atoms with van der Waals surface area (Å²) in [4.78, 5) is 2.13. The van der Waals surface area contributed by atoms with Crippen LogP contribution in [0.2, 0.25) is 0 Å². The van der Waals surface area contributed by atoms with Crippen LogP contribution in [0.4, 0.5) is 0 Å². The first kappa shape index (κ1) is 13.3. The molecule has 0 amide bonds. The first-order valence-corrected chi connectivity index (χ1v) is 7.13. The van der Waals surface area contributed by atoms with Crippen LogP contribution in [0.25, 0.3) is 0 Å². The van der Waals surface area contributed by atoms with Crippen molar-refractivity contribution in [2.75, 3.05) is 7.05 Å². The lowest BCUT2D eigenvalue weighted by Gasteiger charge is -2.24. The second-order valence-electron chi connectivity index (χ2n) is 5.28. The Morgan fingerprint density at radius 2 is 2.11 bits per heavy atom. The number of aryl methyl sites for hydroxylation is 1. The van der Waals surface area contributed by atoms with E-state index in [2.05, 4.69) is 48.5 Å². The molecule has 1 aromatic carbocycles. The van der Waals surface area contributed by atoms with Crippen molar-refractivity contribution in [1.29, 1.82) is 0 Å². The maximum Gasteiger partial charge on any atom is 0.169 e. The highest BCUT2D eigenvalue weighted by Gasteiger charge is 2.16. The summed E-state index contributed by atoms with van der Waals surface area (Å²) < 4.78 is 0. The number of rotatable bonds is 3. The summed E-state index contributed by atoms with van der Waals surface area (Å²) in [5.74, 6) is 0. The van der Waals surface area contributed by atoms with Crippen LogP contribution in [0.1, 0.15) is 36.8 Å².